The Kier molecular flexibility index (Phi) is 9.28. The molecule has 0 aliphatic carbocycles. The fraction of sp³-hybridized carbons (Fsp3) is 0.471. The zero-order chi connectivity index (χ0) is 34.2. The number of hydrogen-bond acceptors (Lipinski definition) is 10. The first kappa shape index (κ1) is 33.4. The molecule has 4 N–H and O–H groups in total. The van der Waals surface area contributed by atoms with Crippen molar-refractivity contribution in [2.24, 2.45) is 0 Å². The number of nitrogens with zero attached hydrogens (tertiary/aromatic N) is 5. The summed E-state index contributed by atoms with van der Waals surface area (Å²) < 4.78 is 52.4. The van der Waals surface area contributed by atoms with E-state index < -0.39 is 43.3 Å². The van der Waals surface area contributed by atoms with Crippen LogP contribution in [0.3, 0.4) is 0 Å². The smallest absolute Gasteiger partial charge is 0.448 e. The number of aromatic nitrogens is 4. The van der Waals surface area contributed by atoms with Crippen LogP contribution in [0.1, 0.15) is 42.5 Å². The maximum Gasteiger partial charge on any atom is 0.490 e. The Hall–Kier alpha value is -4.15. The number of aliphatic hydroxyl groups is 2. The van der Waals surface area contributed by atoms with Crippen molar-refractivity contribution in [3.05, 3.63) is 78.1 Å². The summed E-state index contributed by atoms with van der Waals surface area (Å²) in [7, 11) is 0. The standard InChI is InChI=1S/C34H39F3N7O5/c35-34(36,37)32(47)49-28-27(46)25(19-45)48-31(28)43-20-40-26-29(39-18-24(21-9-3-1-4-10-21)22-11-5-2-6-12-22)41-33(42-30(26)43)44(15-7-8-16-44)23-13-14-38-17-23/h1-6,9-12,20,23-25,27-28,31,38,45-46H,7-8,13-19H2,(H,39,41,42)/q+1/t23-,25-,27-,28-,31-/m1/s1. The zero-order valence-corrected chi connectivity index (χ0v) is 26.7. The van der Waals surface area contributed by atoms with Crippen LogP contribution in [0.2, 0.25) is 0 Å². The van der Waals surface area contributed by atoms with Gasteiger partial charge in [0.1, 0.15) is 18.2 Å². The van der Waals surface area contributed by atoms with Gasteiger partial charge in [0.25, 0.3) is 0 Å². The van der Waals surface area contributed by atoms with E-state index in [-0.39, 0.29) is 17.6 Å². The molecule has 0 radical (unpaired) electrons. The second-order valence-corrected chi connectivity index (χ2v) is 12.9. The van der Waals surface area contributed by atoms with Gasteiger partial charge in [0.15, 0.2) is 29.3 Å². The van der Waals surface area contributed by atoms with Crippen LogP contribution in [0.25, 0.3) is 11.2 Å². The minimum Gasteiger partial charge on any atom is -0.448 e. The van der Waals surface area contributed by atoms with Crippen molar-refractivity contribution in [3.63, 3.8) is 0 Å². The van der Waals surface area contributed by atoms with Crippen LogP contribution in [0, 0.1) is 0 Å². The molecule has 5 heterocycles. The number of ether oxygens (including phenoxy) is 2. The first-order valence-corrected chi connectivity index (χ1v) is 16.6. The van der Waals surface area contributed by atoms with Gasteiger partial charge in [0.2, 0.25) is 0 Å². The average molecular weight is 683 g/mol. The van der Waals surface area contributed by atoms with Crippen molar-refractivity contribution in [3.8, 4) is 0 Å². The molecule has 3 aliphatic rings. The minimum atomic E-state index is -5.30. The van der Waals surface area contributed by atoms with Crippen LogP contribution in [0.5, 0.6) is 0 Å². The number of alkyl halides is 3. The number of esters is 1. The highest BCUT2D eigenvalue weighted by Crippen LogP contribution is 2.39. The lowest BCUT2D eigenvalue weighted by atomic mass is 9.91. The molecule has 3 aliphatic heterocycles. The van der Waals surface area contributed by atoms with Gasteiger partial charge in [-0.25, -0.2) is 9.78 Å². The van der Waals surface area contributed by atoms with Crippen molar-refractivity contribution in [2.75, 3.05) is 44.6 Å². The lowest BCUT2D eigenvalue weighted by Crippen LogP contribution is -2.56. The molecule has 3 saturated heterocycles. The van der Waals surface area contributed by atoms with Gasteiger partial charge in [0.05, 0.1) is 26.0 Å². The molecule has 49 heavy (non-hydrogen) atoms. The number of aliphatic hydroxyl groups excluding tert-OH is 2. The molecule has 15 heteroatoms. The largest absolute Gasteiger partial charge is 0.490 e. The summed E-state index contributed by atoms with van der Waals surface area (Å²) >= 11 is 0. The quantitative estimate of drug-likeness (QED) is 0.145. The number of likely N-dealkylation sites (tertiary alicyclic amines) is 1. The molecule has 7 rings (SSSR count). The van der Waals surface area contributed by atoms with Gasteiger partial charge >= 0.3 is 18.1 Å². The van der Waals surface area contributed by atoms with E-state index in [9.17, 15) is 28.2 Å². The topological polar surface area (TPSA) is 144 Å². The van der Waals surface area contributed by atoms with Gasteiger partial charge in [-0.2, -0.15) is 23.1 Å². The highest BCUT2D eigenvalue weighted by molar-refractivity contribution is 5.84. The molecule has 2 aromatic heterocycles. The third kappa shape index (κ3) is 6.36. The Morgan fingerprint density at radius 3 is 2.35 bits per heavy atom. The van der Waals surface area contributed by atoms with Crippen molar-refractivity contribution in [1.82, 2.24) is 29.3 Å². The maximum atomic E-state index is 13.3. The molecule has 3 fully saturated rings. The molecule has 0 saturated carbocycles. The molecule has 0 amide bonds. The maximum absolute atomic E-state index is 13.3. The highest BCUT2D eigenvalue weighted by atomic mass is 19.4. The SMILES string of the molecule is O=C(O[C@@H]1[C@H](O)[C@@H](CO)O[C@H]1n1cnc2c(NCC(c3ccccc3)c3ccccc3)nc([N+]3([C@@H]4CCNC4)CCCC3)nc21)C(F)(F)F. The van der Waals surface area contributed by atoms with Crippen LogP contribution < -0.4 is 15.1 Å². The summed E-state index contributed by atoms with van der Waals surface area (Å²) in [6.45, 7) is 3.02. The van der Waals surface area contributed by atoms with E-state index in [0.717, 1.165) is 56.6 Å². The van der Waals surface area contributed by atoms with E-state index in [1.807, 2.05) is 36.4 Å². The molecule has 0 unspecified atom stereocenters. The fourth-order valence-electron chi connectivity index (χ4n) is 7.51. The molecule has 260 valence electrons. The molecule has 5 atom stereocenters. The van der Waals surface area contributed by atoms with Gasteiger partial charge in [-0.1, -0.05) is 60.7 Å². The Morgan fingerprint density at radius 1 is 1.08 bits per heavy atom. The summed E-state index contributed by atoms with van der Waals surface area (Å²) in [5.41, 5.74) is 2.75. The Bertz CT molecular complexity index is 1710. The molecule has 4 aromatic rings. The number of carbonyl (C=O) groups is 1. The fourth-order valence-corrected chi connectivity index (χ4v) is 7.51. The first-order chi connectivity index (χ1) is 23.7. The number of carbonyl (C=O) groups excluding carboxylic acids is 1. The van der Waals surface area contributed by atoms with Crippen LogP contribution >= 0.6 is 0 Å². The molecule has 12 nitrogen and oxygen atoms in total. The summed E-state index contributed by atoms with van der Waals surface area (Å²) in [4.78, 5) is 26.7. The van der Waals surface area contributed by atoms with Crippen LogP contribution in [-0.4, -0.2) is 106 Å². The normalized spacial score (nSPS) is 25.3. The zero-order valence-electron chi connectivity index (χ0n) is 26.7. The van der Waals surface area contributed by atoms with Gasteiger partial charge in [-0.15, -0.1) is 0 Å². The number of benzene rings is 2. The van der Waals surface area contributed by atoms with E-state index in [0.29, 0.717) is 28.3 Å². The number of quaternary nitrogens is 1. The van der Waals surface area contributed by atoms with E-state index in [4.69, 9.17) is 19.4 Å². The third-order valence-electron chi connectivity index (χ3n) is 10.0. The van der Waals surface area contributed by atoms with Crippen LogP contribution in [0.4, 0.5) is 24.9 Å². The molecule has 0 bridgehead atoms. The average Bonchev–Trinajstić information content (AvgIpc) is 3.93. The Labute approximate surface area is 280 Å². The summed E-state index contributed by atoms with van der Waals surface area (Å²) in [6.07, 6.45) is -7.39. The molecular weight excluding hydrogens is 643 g/mol. The number of nitrogens with one attached hydrogen (secondary N) is 2. The molecule has 0 spiro atoms. The van der Waals surface area contributed by atoms with Crippen molar-refractivity contribution < 1.29 is 37.7 Å². The van der Waals surface area contributed by atoms with Crippen molar-refractivity contribution in [1.29, 1.82) is 0 Å². The summed E-state index contributed by atoms with van der Waals surface area (Å²) in [5.74, 6) is -1.56. The lowest BCUT2D eigenvalue weighted by molar-refractivity contribution is -0.211. The van der Waals surface area contributed by atoms with E-state index in [2.05, 4.69) is 39.9 Å². The number of fused-ring (bicyclic) bond motifs is 1. The van der Waals surface area contributed by atoms with E-state index in [1.165, 1.54) is 10.9 Å². The number of anilines is 1. The lowest BCUT2D eigenvalue weighted by Gasteiger charge is -2.36. The van der Waals surface area contributed by atoms with Crippen LogP contribution in [-0.2, 0) is 14.3 Å². The second-order valence-electron chi connectivity index (χ2n) is 12.9. The van der Waals surface area contributed by atoms with Gasteiger partial charge in [-0.3, -0.25) is 9.05 Å². The monoisotopic (exact) mass is 682 g/mol. The molecule has 2 aromatic carbocycles. The Morgan fingerprint density at radius 2 is 1.76 bits per heavy atom. The second kappa shape index (κ2) is 13.6. The highest BCUT2D eigenvalue weighted by Gasteiger charge is 2.52. The number of halogens is 3. The summed E-state index contributed by atoms with van der Waals surface area (Å²) in [6, 6.07) is 20.4. The predicted molar refractivity (Wildman–Crippen MR) is 174 cm³/mol. The number of rotatable bonds is 10. The predicted octanol–water partition coefficient (Wildman–Crippen LogP) is 3.26. The van der Waals surface area contributed by atoms with Gasteiger partial charge in [0, 0.05) is 44.8 Å². The van der Waals surface area contributed by atoms with Gasteiger partial charge in [-0.05, 0) is 11.1 Å². The minimum absolute atomic E-state index is 0.0586. The first-order valence-electron chi connectivity index (χ1n) is 16.6. The Balaban J connectivity index is 1.33. The van der Waals surface area contributed by atoms with Crippen LogP contribution in [0.15, 0.2) is 67.0 Å². The summed E-state index contributed by atoms with van der Waals surface area (Å²) in [5, 5.41) is 27.7. The number of imidazole rings is 1. The van der Waals surface area contributed by atoms with Crippen molar-refractivity contribution in [2.45, 2.75) is 61.9 Å². The third-order valence-corrected chi connectivity index (χ3v) is 10.0. The van der Waals surface area contributed by atoms with E-state index in [1.54, 1.807) is 0 Å². The molecular formula is C34H39F3N7O5+. The van der Waals surface area contributed by atoms with E-state index >= 15 is 0 Å². The van der Waals surface area contributed by atoms with Crippen molar-refractivity contribution >= 4 is 28.9 Å². The number of hydrogen-bond donors (Lipinski definition) is 4. The van der Waals surface area contributed by atoms with Gasteiger partial charge < -0.3 is 30.3 Å².